The summed E-state index contributed by atoms with van der Waals surface area (Å²) in [7, 11) is -4.00. The highest BCUT2D eigenvalue weighted by molar-refractivity contribution is 7.92. The third-order valence-corrected chi connectivity index (χ3v) is 6.22. The number of nitrogens with one attached hydrogen (secondary N) is 4. The van der Waals surface area contributed by atoms with E-state index in [1.54, 1.807) is 63.2 Å². The number of amides is 3. The number of anilines is 4. The summed E-state index contributed by atoms with van der Waals surface area (Å²) in [6.45, 7) is 9.33. The summed E-state index contributed by atoms with van der Waals surface area (Å²) >= 11 is 0. The zero-order valence-electron chi connectivity index (χ0n) is 21.5. The van der Waals surface area contributed by atoms with Crippen molar-refractivity contribution in [3.8, 4) is 0 Å². The van der Waals surface area contributed by atoms with Crippen molar-refractivity contribution in [3.05, 3.63) is 78.4 Å². The van der Waals surface area contributed by atoms with Gasteiger partial charge in [0, 0.05) is 16.8 Å². The molecule has 3 aromatic rings. The molecule has 9 nitrogen and oxygen atoms in total. The molecule has 0 unspecified atom stereocenters. The molecule has 10 heteroatoms. The van der Waals surface area contributed by atoms with Crippen molar-refractivity contribution in [3.63, 3.8) is 0 Å². The van der Waals surface area contributed by atoms with Gasteiger partial charge in [-0.2, -0.15) is 0 Å². The third kappa shape index (κ3) is 8.18. The summed E-state index contributed by atoms with van der Waals surface area (Å²) in [4.78, 5) is 35.6. The van der Waals surface area contributed by atoms with Crippen LogP contribution in [0.4, 0.5) is 22.7 Å². The highest BCUT2D eigenvalue weighted by Crippen LogP contribution is 2.24. The normalized spacial score (nSPS) is 10.8. The van der Waals surface area contributed by atoms with Crippen molar-refractivity contribution in [2.45, 2.75) is 39.5 Å². The fraction of sp³-hybridized carbons (Fsp3) is 0.222. The SMILES string of the molecule is CC.CC(C)(C)C(=O)Nc1cccc(NS(=O)(=O)c2cccc(NC(=O)c3ccccc3NC=O)c2)c1. The highest BCUT2D eigenvalue weighted by atomic mass is 32.2. The van der Waals surface area contributed by atoms with Gasteiger partial charge in [0.2, 0.25) is 12.3 Å². The monoisotopic (exact) mass is 524 g/mol. The van der Waals surface area contributed by atoms with Gasteiger partial charge >= 0.3 is 0 Å². The molecule has 0 bridgehead atoms. The Morgan fingerprint density at radius 3 is 2.03 bits per heavy atom. The molecule has 3 amide bonds. The molecule has 0 fully saturated rings. The summed E-state index contributed by atoms with van der Waals surface area (Å²) in [6.07, 6.45) is 0.467. The minimum absolute atomic E-state index is 0.0706. The average molecular weight is 525 g/mol. The zero-order chi connectivity index (χ0) is 27.6. The van der Waals surface area contributed by atoms with E-state index in [2.05, 4.69) is 20.7 Å². The molecular weight excluding hydrogens is 492 g/mol. The van der Waals surface area contributed by atoms with Crippen LogP contribution in [0.5, 0.6) is 0 Å². The van der Waals surface area contributed by atoms with Gasteiger partial charge in [0.1, 0.15) is 0 Å². The Kier molecular flexibility index (Phi) is 9.96. The molecule has 0 heterocycles. The molecule has 37 heavy (non-hydrogen) atoms. The first-order valence-electron chi connectivity index (χ1n) is 11.6. The first kappa shape index (κ1) is 29.1. The average Bonchev–Trinajstić information content (AvgIpc) is 2.85. The number of hydrogen-bond acceptors (Lipinski definition) is 5. The van der Waals surface area contributed by atoms with Gasteiger partial charge in [-0.15, -0.1) is 0 Å². The smallest absolute Gasteiger partial charge is 0.261 e. The van der Waals surface area contributed by atoms with E-state index < -0.39 is 21.3 Å². The first-order chi connectivity index (χ1) is 17.5. The number of sulfonamides is 1. The predicted octanol–water partition coefficient (Wildman–Crippen LogP) is 5.32. The molecule has 0 aliphatic carbocycles. The minimum Gasteiger partial charge on any atom is -0.328 e. The van der Waals surface area contributed by atoms with Crippen LogP contribution in [0.25, 0.3) is 0 Å². The molecule has 0 aromatic heterocycles. The van der Waals surface area contributed by atoms with Crippen LogP contribution >= 0.6 is 0 Å². The molecule has 4 N–H and O–H groups in total. The van der Waals surface area contributed by atoms with Crippen LogP contribution in [0.1, 0.15) is 45.0 Å². The maximum absolute atomic E-state index is 13.0. The lowest BCUT2D eigenvalue weighted by Gasteiger charge is -2.18. The quantitative estimate of drug-likeness (QED) is 0.296. The molecular formula is C27H32N4O5S. The first-order valence-corrected chi connectivity index (χ1v) is 13.1. The maximum Gasteiger partial charge on any atom is 0.261 e. The largest absolute Gasteiger partial charge is 0.328 e. The Hall–Kier alpha value is -4.18. The summed E-state index contributed by atoms with van der Waals surface area (Å²) in [5.41, 5.74) is 0.909. The van der Waals surface area contributed by atoms with Crippen molar-refractivity contribution in [2.75, 3.05) is 20.7 Å². The topological polar surface area (TPSA) is 133 Å². The number of carbonyl (C=O) groups is 3. The minimum atomic E-state index is -4.00. The van der Waals surface area contributed by atoms with Gasteiger partial charge in [-0.3, -0.25) is 19.1 Å². The summed E-state index contributed by atoms with van der Waals surface area (Å²) in [6, 6.07) is 18.6. The van der Waals surface area contributed by atoms with Crippen LogP contribution in [0.3, 0.4) is 0 Å². The van der Waals surface area contributed by atoms with E-state index in [0.717, 1.165) is 0 Å². The molecule has 3 rings (SSSR count). The van der Waals surface area contributed by atoms with Crippen LogP contribution in [-0.2, 0) is 19.6 Å². The number of para-hydroxylation sites is 1. The van der Waals surface area contributed by atoms with Crippen LogP contribution < -0.4 is 20.7 Å². The summed E-state index contributed by atoms with van der Waals surface area (Å²) in [5.74, 6) is -0.717. The summed E-state index contributed by atoms with van der Waals surface area (Å²) < 4.78 is 28.4. The number of benzene rings is 3. The maximum atomic E-state index is 13.0. The van der Waals surface area contributed by atoms with Gasteiger partial charge in [-0.25, -0.2) is 8.42 Å². The van der Waals surface area contributed by atoms with Crippen molar-refractivity contribution < 1.29 is 22.8 Å². The molecule has 0 radical (unpaired) electrons. The number of carbonyl (C=O) groups excluding carboxylic acids is 3. The van der Waals surface area contributed by atoms with Gasteiger partial charge in [-0.1, -0.05) is 58.9 Å². The van der Waals surface area contributed by atoms with Crippen LogP contribution in [0.2, 0.25) is 0 Å². The lowest BCUT2D eigenvalue weighted by molar-refractivity contribution is -0.123. The molecule has 0 aliphatic rings. The second-order valence-electron chi connectivity index (χ2n) is 8.68. The standard InChI is InChI=1S/C25H26N4O5S.C2H6/c1-25(2,3)24(32)28-17-8-6-10-19(14-17)29-35(33,34)20-11-7-9-18(15-20)27-23(31)21-12-4-5-13-22(21)26-16-30;1-2/h4-16,29H,1-3H3,(H,26,30)(H,27,31)(H,28,32);1-2H3. The van der Waals surface area contributed by atoms with Crippen LogP contribution in [0, 0.1) is 5.41 Å². The fourth-order valence-corrected chi connectivity index (χ4v) is 4.10. The van der Waals surface area contributed by atoms with E-state index in [0.29, 0.717) is 17.8 Å². The molecule has 0 saturated carbocycles. The molecule has 0 saturated heterocycles. The van der Waals surface area contributed by atoms with E-state index in [1.807, 2.05) is 13.8 Å². The van der Waals surface area contributed by atoms with Gasteiger partial charge < -0.3 is 16.0 Å². The van der Waals surface area contributed by atoms with E-state index in [4.69, 9.17) is 0 Å². The molecule has 3 aromatic carbocycles. The summed E-state index contributed by atoms with van der Waals surface area (Å²) in [5, 5.41) is 7.86. The third-order valence-electron chi connectivity index (χ3n) is 4.84. The second kappa shape index (κ2) is 12.7. The molecule has 0 atom stereocenters. The lowest BCUT2D eigenvalue weighted by atomic mass is 9.95. The number of rotatable bonds is 8. The van der Waals surface area contributed by atoms with Gasteiger partial charge in [0.15, 0.2) is 0 Å². The van der Waals surface area contributed by atoms with Crippen molar-refractivity contribution >= 4 is 51.0 Å². The van der Waals surface area contributed by atoms with Gasteiger partial charge in [0.25, 0.3) is 15.9 Å². The van der Waals surface area contributed by atoms with Gasteiger partial charge in [0.05, 0.1) is 21.8 Å². The van der Waals surface area contributed by atoms with Crippen molar-refractivity contribution in [1.29, 1.82) is 0 Å². The predicted molar refractivity (Wildman–Crippen MR) is 147 cm³/mol. The van der Waals surface area contributed by atoms with E-state index in [-0.39, 0.29) is 27.7 Å². The van der Waals surface area contributed by atoms with Gasteiger partial charge in [-0.05, 0) is 48.5 Å². The molecule has 0 spiro atoms. The second-order valence-corrected chi connectivity index (χ2v) is 10.4. The zero-order valence-corrected chi connectivity index (χ0v) is 22.3. The van der Waals surface area contributed by atoms with Crippen molar-refractivity contribution in [2.24, 2.45) is 5.41 Å². The molecule has 196 valence electrons. The number of hydrogen-bond donors (Lipinski definition) is 4. The highest BCUT2D eigenvalue weighted by Gasteiger charge is 2.22. The van der Waals surface area contributed by atoms with E-state index in [1.165, 1.54) is 30.3 Å². The van der Waals surface area contributed by atoms with Crippen molar-refractivity contribution in [1.82, 2.24) is 0 Å². The Morgan fingerprint density at radius 1 is 0.784 bits per heavy atom. The Balaban J connectivity index is 0.00000235. The van der Waals surface area contributed by atoms with Crippen LogP contribution in [-0.4, -0.2) is 26.6 Å². The Bertz CT molecular complexity index is 1360. The van der Waals surface area contributed by atoms with E-state index >= 15 is 0 Å². The van der Waals surface area contributed by atoms with E-state index in [9.17, 15) is 22.8 Å². The lowest BCUT2D eigenvalue weighted by Crippen LogP contribution is -2.27. The Morgan fingerprint density at radius 2 is 1.38 bits per heavy atom. The Labute approximate surface area is 217 Å². The fourth-order valence-electron chi connectivity index (χ4n) is 3.00. The molecule has 0 aliphatic heterocycles. The van der Waals surface area contributed by atoms with Crippen LogP contribution in [0.15, 0.2) is 77.7 Å².